The highest BCUT2D eigenvalue weighted by molar-refractivity contribution is 6.74. The van der Waals surface area contributed by atoms with E-state index in [0.717, 1.165) is 35.3 Å². The summed E-state index contributed by atoms with van der Waals surface area (Å²) in [6.45, 7) is 16.0. The van der Waals surface area contributed by atoms with Crippen LogP contribution in [0, 0.1) is 17.8 Å². The fourth-order valence-electron chi connectivity index (χ4n) is 8.27. The molecule has 4 aliphatic carbocycles. The average Bonchev–Trinajstić information content (AvgIpc) is 2.89. The number of aromatic hydroxyl groups is 1. The van der Waals surface area contributed by atoms with E-state index in [0.29, 0.717) is 18.5 Å². The van der Waals surface area contributed by atoms with E-state index in [1.165, 1.54) is 44.1 Å². The molecule has 4 N–H and O–H groups in total. The molecule has 2 aromatic rings. The minimum atomic E-state index is -2.11. The molecule has 0 saturated heterocycles. The summed E-state index contributed by atoms with van der Waals surface area (Å²) < 4.78 is 6.90. The smallest absolute Gasteiger partial charge is 0.224 e. The highest BCUT2D eigenvalue weighted by atomic mass is 28.4. The van der Waals surface area contributed by atoms with E-state index in [9.17, 15) is 15.0 Å². The predicted octanol–water partition coefficient (Wildman–Crippen LogP) is 7.19. The molecule has 0 radical (unpaired) electrons. The number of carbonyl (C=O) groups is 1. The second kappa shape index (κ2) is 12.5. The van der Waals surface area contributed by atoms with Crippen LogP contribution in [0.5, 0.6) is 5.75 Å². The molecule has 0 heterocycles. The van der Waals surface area contributed by atoms with Crippen LogP contribution in [0.15, 0.2) is 42.5 Å². The van der Waals surface area contributed by atoms with Crippen LogP contribution in [0.3, 0.4) is 0 Å². The lowest BCUT2D eigenvalue weighted by Gasteiger charge is -2.56. The van der Waals surface area contributed by atoms with Crippen LogP contribution in [-0.2, 0) is 28.7 Å². The lowest BCUT2D eigenvalue weighted by atomic mass is 9.53. The summed E-state index contributed by atoms with van der Waals surface area (Å²) in [6, 6.07) is 13.9. The second-order valence-corrected chi connectivity index (χ2v) is 21.4. The van der Waals surface area contributed by atoms with Gasteiger partial charge in [-0.3, -0.25) is 4.79 Å². The quantitative estimate of drug-likeness (QED) is 0.189. The number of aliphatic hydroxyl groups excluding tert-OH is 1. The predicted molar refractivity (Wildman–Crippen MR) is 180 cm³/mol. The fourth-order valence-corrected chi connectivity index (χ4v) is 9.56. The van der Waals surface area contributed by atoms with Crippen molar-refractivity contribution in [2.75, 3.05) is 6.54 Å². The summed E-state index contributed by atoms with van der Waals surface area (Å²) in [6.07, 6.45) is 8.68. The maximum absolute atomic E-state index is 13.3. The van der Waals surface area contributed by atoms with E-state index in [4.69, 9.17) is 4.43 Å². The monoisotopic (exact) mass is 620 g/mol. The number of phenols is 1. The van der Waals surface area contributed by atoms with E-state index in [1.807, 2.05) is 12.1 Å². The largest absolute Gasteiger partial charge is 0.508 e. The van der Waals surface area contributed by atoms with Gasteiger partial charge in [0, 0.05) is 23.2 Å². The van der Waals surface area contributed by atoms with Crippen LogP contribution in [-0.4, -0.2) is 42.1 Å². The third kappa shape index (κ3) is 7.78. The minimum Gasteiger partial charge on any atom is -0.508 e. The van der Waals surface area contributed by atoms with Gasteiger partial charge in [0.15, 0.2) is 8.32 Å². The molecule has 44 heavy (non-hydrogen) atoms. The molecule has 1 amide bonds. The number of hydrogen-bond acceptors (Lipinski definition) is 5. The summed E-state index contributed by atoms with van der Waals surface area (Å²) in [5.41, 5.74) is 3.55. The Hall–Kier alpha value is -2.19. The van der Waals surface area contributed by atoms with Crippen molar-refractivity contribution in [3.8, 4) is 5.75 Å². The molecule has 6 nitrogen and oxygen atoms in total. The van der Waals surface area contributed by atoms with E-state index in [1.54, 1.807) is 6.07 Å². The van der Waals surface area contributed by atoms with E-state index < -0.39 is 8.32 Å². The lowest BCUT2D eigenvalue weighted by Crippen LogP contribution is -2.60. The zero-order chi connectivity index (χ0) is 31.9. The minimum absolute atomic E-state index is 0.0416. The van der Waals surface area contributed by atoms with Crippen LogP contribution in [0.4, 0.5) is 0 Å². The molecule has 2 aromatic carbocycles. The van der Waals surface area contributed by atoms with Crippen LogP contribution >= 0.6 is 0 Å². The molecule has 242 valence electrons. The molecule has 7 heteroatoms. The van der Waals surface area contributed by atoms with Crippen LogP contribution in [0.1, 0.15) is 102 Å². The Balaban J connectivity index is 1.23. The Morgan fingerprint density at radius 2 is 1.59 bits per heavy atom. The standard InChI is InChI=1S/C37H56N2O4Si/c1-35(2,3)44(6,7)43-33(30-11-12-32(41)31(18-30)24-40)23-38-36(4,5)19-26-10-8-9-25(13-26)17-34(42)39-37-20-27-14-28(21-37)16-29(15-27)22-37/h8-13,18,27-29,33,38,40-41H,14-17,19-24H2,1-7H3,(H,39,42)/t27?,28?,29?,33-,37?/m1/s1. The molecule has 6 rings (SSSR count). The first-order valence-corrected chi connectivity index (χ1v) is 19.7. The molecule has 4 saturated carbocycles. The highest BCUT2D eigenvalue weighted by Gasteiger charge is 2.51. The maximum Gasteiger partial charge on any atom is 0.224 e. The van der Waals surface area contributed by atoms with Crippen molar-refractivity contribution in [2.45, 2.75) is 128 Å². The second-order valence-electron chi connectivity index (χ2n) is 16.6. The average molecular weight is 621 g/mol. The van der Waals surface area contributed by atoms with Crippen molar-refractivity contribution in [3.63, 3.8) is 0 Å². The molecule has 0 aromatic heterocycles. The maximum atomic E-state index is 13.3. The number of aliphatic hydroxyl groups is 1. The van der Waals surface area contributed by atoms with Crippen LogP contribution in [0.2, 0.25) is 18.1 Å². The number of nitrogens with one attached hydrogen (secondary N) is 2. The zero-order valence-electron chi connectivity index (χ0n) is 28.1. The van der Waals surface area contributed by atoms with Crippen molar-refractivity contribution in [3.05, 3.63) is 64.7 Å². The van der Waals surface area contributed by atoms with E-state index in [-0.39, 0.29) is 40.5 Å². The van der Waals surface area contributed by atoms with Gasteiger partial charge in [-0.25, -0.2) is 0 Å². The molecule has 0 unspecified atom stereocenters. The first-order valence-electron chi connectivity index (χ1n) is 16.8. The SMILES string of the molecule is CC(C)(Cc1cccc(CC(=O)NC23CC4CC(CC(C4)C2)C3)c1)NC[C@@H](O[Si](C)(C)C(C)(C)C)c1ccc(O)c(CO)c1. The third-order valence-corrected chi connectivity index (χ3v) is 15.6. The van der Waals surface area contributed by atoms with Gasteiger partial charge in [0.25, 0.3) is 0 Å². The van der Waals surface area contributed by atoms with Crippen molar-refractivity contribution in [1.29, 1.82) is 0 Å². The molecule has 0 spiro atoms. The van der Waals surface area contributed by atoms with Crippen molar-refractivity contribution in [2.24, 2.45) is 17.8 Å². The van der Waals surface area contributed by atoms with Gasteiger partial charge in [-0.1, -0.05) is 51.1 Å². The van der Waals surface area contributed by atoms with Gasteiger partial charge in [-0.2, -0.15) is 0 Å². The molecule has 4 fully saturated rings. The molecule has 1 atom stereocenters. The summed E-state index contributed by atoms with van der Waals surface area (Å²) >= 11 is 0. The van der Waals surface area contributed by atoms with Gasteiger partial charge in [0.2, 0.25) is 5.91 Å². The molecular weight excluding hydrogens is 565 g/mol. The number of benzene rings is 2. The molecule has 4 bridgehead atoms. The van der Waals surface area contributed by atoms with Crippen LogP contribution < -0.4 is 10.6 Å². The number of amides is 1. The van der Waals surface area contributed by atoms with Gasteiger partial charge in [0.05, 0.1) is 19.1 Å². The summed E-state index contributed by atoms with van der Waals surface area (Å²) in [4.78, 5) is 13.3. The Labute approximate surface area is 266 Å². The van der Waals surface area contributed by atoms with Gasteiger partial charge in [0.1, 0.15) is 5.75 Å². The van der Waals surface area contributed by atoms with Crippen molar-refractivity contribution in [1.82, 2.24) is 10.6 Å². The van der Waals surface area contributed by atoms with Crippen LogP contribution in [0.25, 0.3) is 0 Å². The van der Waals surface area contributed by atoms with Crippen molar-refractivity contribution < 1.29 is 19.4 Å². The summed E-state index contributed by atoms with van der Waals surface area (Å²) in [5.74, 6) is 2.72. The van der Waals surface area contributed by atoms with Crippen molar-refractivity contribution >= 4 is 14.2 Å². The Morgan fingerprint density at radius 3 is 2.18 bits per heavy atom. The van der Waals surface area contributed by atoms with Gasteiger partial charge in [-0.05, 0) is 124 Å². The van der Waals surface area contributed by atoms with Gasteiger partial charge >= 0.3 is 0 Å². The van der Waals surface area contributed by atoms with Gasteiger partial charge < -0.3 is 25.3 Å². The van der Waals surface area contributed by atoms with E-state index >= 15 is 0 Å². The fraction of sp³-hybridized carbons (Fsp3) is 0.649. The summed E-state index contributed by atoms with van der Waals surface area (Å²) in [5, 5.41) is 27.3. The third-order valence-electron chi connectivity index (χ3n) is 11.1. The Bertz CT molecular complexity index is 1300. The van der Waals surface area contributed by atoms with E-state index in [2.05, 4.69) is 82.6 Å². The summed E-state index contributed by atoms with van der Waals surface area (Å²) in [7, 11) is -2.11. The molecule has 4 aliphatic rings. The first kappa shape index (κ1) is 33.2. The first-order chi connectivity index (χ1) is 20.6. The Morgan fingerprint density at radius 1 is 0.977 bits per heavy atom. The topological polar surface area (TPSA) is 90.8 Å². The number of hydrogen-bond donors (Lipinski definition) is 4. The normalized spacial score (nSPS) is 25.7. The molecule has 0 aliphatic heterocycles. The lowest BCUT2D eigenvalue weighted by molar-refractivity contribution is -0.126. The molecular formula is C37H56N2O4Si. The zero-order valence-corrected chi connectivity index (χ0v) is 29.1. The number of carbonyl (C=O) groups excluding carboxylic acids is 1. The van der Waals surface area contributed by atoms with Gasteiger partial charge in [-0.15, -0.1) is 0 Å². The highest BCUT2D eigenvalue weighted by Crippen LogP contribution is 2.55. The Kier molecular flexibility index (Phi) is 9.46. The number of rotatable bonds is 12.